The number of urea groups is 1. The first-order valence-electron chi connectivity index (χ1n) is 10.2. The van der Waals surface area contributed by atoms with Crippen molar-refractivity contribution < 1.29 is 23.9 Å². The van der Waals surface area contributed by atoms with Crippen LogP contribution >= 0.6 is 0 Å². The summed E-state index contributed by atoms with van der Waals surface area (Å²) in [5.74, 6) is -1.25. The topological polar surface area (TPSA) is 136 Å². The lowest BCUT2D eigenvalue weighted by Gasteiger charge is -2.37. The minimum atomic E-state index is -1.82. The van der Waals surface area contributed by atoms with Crippen LogP contribution in [0.15, 0.2) is 61.1 Å². The van der Waals surface area contributed by atoms with Crippen LogP contribution in [0.4, 0.5) is 10.5 Å². The summed E-state index contributed by atoms with van der Waals surface area (Å²) in [7, 11) is 0. The fourth-order valence-corrected chi connectivity index (χ4v) is 4.00. The van der Waals surface area contributed by atoms with Crippen LogP contribution in [-0.4, -0.2) is 44.1 Å². The number of anilines is 1. The molecule has 11 heteroatoms. The number of nitrogens with zero attached hydrogens (tertiary/aromatic N) is 4. The number of imide groups is 2. The van der Waals surface area contributed by atoms with E-state index in [1.165, 1.54) is 18.3 Å². The van der Waals surface area contributed by atoms with E-state index in [0.717, 1.165) is 10.5 Å². The third-order valence-electron chi connectivity index (χ3n) is 5.57. The number of ether oxygens (including phenoxy) is 1. The molecule has 2 N–H and O–H groups in total. The number of hydrogen-bond donors (Lipinski definition) is 2. The number of carbonyl (C=O) groups is 4. The van der Waals surface area contributed by atoms with E-state index < -0.39 is 29.3 Å². The van der Waals surface area contributed by atoms with Crippen molar-refractivity contribution in [3.8, 4) is 11.6 Å². The number of amides is 5. The molecule has 2 saturated heterocycles. The van der Waals surface area contributed by atoms with Gasteiger partial charge in [-0.2, -0.15) is 5.10 Å². The van der Waals surface area contributed by atoms with Gasteiger partial charge < -0.3 is 4.74 Å². The van der Waals surface area contributed by atoms with Crippen LogP contribution in [0, 0.1) is 0 Å². The summed E-state index contributed by atoms with van der Waals surface area (Å²) in [4.78, 5) is 54.5. The number of pyridine rings is 1. The molecular formula is C22H18N6O5. The van der Waals surface area contributed by atoms with Gasteiger partial charge in [0.2, 0.25) is 17.3 Å². The van der Waals surface area contributed by atoms with Gasteiger partial charge in [0.1, 0.15) is 5.75 Å². The van der Waals surface area contributed by atoms with Crippen molar-refractivity contribution in [2.75, 3.05) is 4.90 Å². The Bertz CT molecular complexity index is 1220. The minimum absolute atomic E-state index is 0.0157. The largest absolute Gasteiger partial charge is 0.439 e. The third kappa shape index (κ3) is 3.59. The second-order valence-corrected chi connectivity index (χ2v) is 7.63. The molecule has 2 aliphatic rings. The smallest absolute Gasteiger partial charge is 0.328 e. The van der Waals surface area contributed by atoms with Crippen LogP contribution in [0.1, 0.15) is 18.4 Å². The highest BCUT2D eigenvalue weighted by molar-refractivity contribution is 6.28. The molecule has 4 heterocycles. The van der Waals surface area contributed by atoms with Crippen LogP contribution in [0.3, 0.4) is 0 Å². The van der Waals surface area contributed by atoms with Crippen LogP contribution in [0.5, 0.6) is 11.6 Å². The Morgan fingerprint density at radius 3 is 2.39 bits per heavy atom. The van der Waals surface area contributed by atoms with Gasteiger partial charge in [0.05, 0.1) is 18.4 Å². The lowest BCUT2D eigenvalue weighted by atomic mass is 9.92. The van der Waals surface area contributed by atoms with E-state index in [1.807, 2.05) is 29.1 Å². The zero-order chi connectivity index (χ0) is 23.0. The molecule has 33 heavy (non-hydrogen) atoms. The SMILES string of the molecule is O=C1NC(=O)C2(CCC(=O)N2c2ccc(Oc3ccc(Cn4cccn4)cc3)nc2)C(=O)N1. The molecule has 166 valence electrons. The van der Waals surface area contributed by atoms with E-state index in [-0.39, 0.29) is 24.4 Å². The standard InChI is InChI=1S/C22H18N6O5/c29-18-8-9-22(19(30)25-21(32)26-20(22)31)28(18)15-4-7-17(23-12-15)33-16-5-2-14(3-6-16)13-27-11-1-10-24-27/h1-7,10-12H,8-9,13H2,(H2,25,26,30,31,32). The molecule has 0 saturated carbocycles. The molecular weight excluding hydrogens is 428 g/mol. The molecule has 0 unspecified atom stereocenters. The van der Waals surface area contributed by atoms with Crippen molar-refractivity contribution >= 4 is 29.4 Å². The molecule has 3 aromatic rings. The highest BCUT2D eigenvalue weighted by Gasteiger charge is 2.60. The number of aromatic nitrogens is 3. The van der Waals surface area contributed by atoms with Gasteiger partial charge in [-0.05, 0) is 36.2 Å². The Morgan fingerprint density at radius 2 is 1.76 bits per heavy atom. The van der Waals surface area contributed by atoms with Gasteiger partial charge >= 0.3 is 6.03 Å². The molecule has 0 aliphatic carbocycles. The van der Waals surface area contributed by atoms with Crippen molar-refractivity contribution in [3.63, 3.8) is 0 Å². The fraction of sp³-hybridized carbons (Fsp3) is 0.182. The van der Waals surface area contributed by atoms with E-state index in [0.29, 0.717) is 12.3 Å². The number of carbonyl (C=O) groups excluding carboxylic acids is 4. The Kier molecular flexibility index (Phi) is 4.85. The third-order valence-corrected chi connectivity index (χ3v) is 5.57. The predicted molar refractivity (Wildman–Crippen MR) is 113 cm³/mol. The summed E-state index contributed by atoms with van der Waals surface area (Å²) in [5, 5.41) is 8.31. The number of hydrogen-bond acceptors (Lipinski definition) is 7. The van der Waals surface area contributed by atoms with Gasteiger partial charge in [-0.25, -0.2) is 9.78 Å². The number of benzene rings is 1. The minimum Gasteiger partial charge on any atom is -0.439 e. The first kappa shape index (κ1) is 20.4. The maximum absolute atomic E-state index is 12.6. The second kappa shape index (κ2) is 7.86. The van der Waals surface area contributed by atoms with Gasteiger partial charge in [0.25, 0.3) is 11.8 Å². The quantitative estimate of drug-likeness (QED) is 0.565. The summed E-state index contributed by atoms with van der Waals surface area (Å²) in [6.45, 7) is 0.637. The Morgan fingerprint density at radius 1 is 1.00 bits per heavy atom. The molecule has 1 aromatic carbocycles. The summed E-state index contributed by atoms with van der Waals surface area (Å²) >= 11 is 0. The van der Waals surface area contributed by atoms with Crippen molar-refractivity contribution in [3.05, 3.63) is 66.6 Å². The molecule has 2 fully saturated rings. The van der Waals surface area contributed by atoms with Gasteiger partial charge in [0.15, 0.2) is 0 Å². The number of nitrogens with one attached hydrogen (secondary N) is 2. The number of rotatable bonds is 5. The highest BCUT2D eigenvalue weighted by atomic mass is 16.5. The average molecular weight is 446 g/mol. The van der Waals surface area contributed by atoms with E-state index in [2.05, 4.69) is 20.7 Å². The van der Waals surface area contributed by atoms with Gasteiger partial charge in [-0.15, -0.1) is 0 Å². The van der Waals surface area contributed by atoms with Crippen LogP contribution in [0.25, 0.3) is 0 Å². The maximum Gasteiger partial charge on any atom is 0.328 e. The number of barbiturate groups is 1. The lowest BCUT2D eigenvalue weighted by molar-refractivity contribution is -0.138. The fourth-order valence-electron chi connectivity index (χ4n) is 4.00. The van der Waals surface area contributed by atoms with Gasteiger partial charge in [-0.3, -0.25) is 34.6 Å². The lowest BCUT2D eigenvalue weighted by Crippen LogP contribution is -2.72. The monoisotopic (exact) mass is 446 g/mol. The molecule has 1 spiro atoms. The van der Waals surface area contributed by atoms with Crippen molar-refractivity contribution in [1.29, 1.82) is 0 Å². The van der Waals surface area contributed by atoms with Crippen LogP contribution < -0.4 is 20.3 Å². The Labute approximate surface area is 187 Å². The zero-order valence-corrected chi connectivity index (χ0v) is 17.2. The van der Waals surface area contributed by atoms with Gasteiger partial charge in [0, 0.05) is 24.9 Å². The van der Waals surface area contributed by atoms with Crippen molar-refractivity contribution in [1.82, 2.24) is 25.4 Å². The van der Waals surface area contributed by atoms with E-state index in [4.69, 9.17) is 4.74 Å². The normalized spacial score (nSPS) is 17.3. The van der Waals surface area contributed by atoms with Gasteiger partial charge in [-0.1, -0.05) is 12.1 Å². The van der Waals surface area contributed by atoms with Crippen molar-refractivity contribution in [2.24, 2.45) is 0 Å². The first-order chi connectivity index (χ1) is 16.0. The molecule has 5 amide bonds. The second-order valence-electron chi connectivity index (χ2n) is 7.63. The van der Waals surface area contributed by atoms with Crippen LogP contribution in [-0.2, 0) is 20.9 Å². The summed E-state index contributed by atoms with van der Waals surface area (Å²) < 4.78 is 7.58. The molecule has 11 nitrogen and oxygen atoms in total. The van der Waals surface area contributed by atoms with E-state index in [9.17, 15) is 19.2 Å². The molecule has 0 bridgehead atoms. The molecule has 2 aliphatic heterocycles. The average Bonchev–Trinajstić information content (AvgIpc) is 3.43. The molecule has 2 aromatic heterocycles. The Balaban J connectivity index is 1.33. The molecule has 0 radical (unpaired) electrons. The molecule has 0 atom stereocenters. The first-order valence-corrected chi connectivity index (χ1v) is 10.2. The highest BCUT2D eigenvalue weighted by Crippen LogP contribution is 2.37. The summed E-state index contributed by atoms with van der Waals surface area (Å²) in [6.07, 6.45) is 4.89. The predicted octanol–water partition coefficient (Wildman–Crippen LogP) is 1.35. The Hall–Kier alpha value is -4.54. The zero-order valence-electron chi connectivity index (χ0n) is 17.2. The van der Waals surface area contributed by atoms with Crippen molar-refractivity contribution in [2.45, 2.75) is 24.9 Å². The van der Waals surface area contributed by atoms with Crippen LogP contribution in [0.2, 0.25) is 0 Å². The maximum atomic E-state index is 12.6. The molecule has 5 rings (SSSR count). The van der Waals surface area contributed by atoms with E-state index >= 15 is 0 Å². The summed E-state index contributed by atoms with van der Waals surface area (Å²) in [6, 6.07) is 11.5. The van der Waals surface area contributed by atoms with E-state index in [1.54, 1.807) is 18.3 Å². The summed E-state index contributed by atoms with van der Waals surface area (Å²) in [5.41, 5.74) is -0.520.